The highest BCUT2D eigenvalue weighted by molar-refractivity contribution is 8.00. The number of hydrogen-bond donors (Lipinski definition) is 2. The van der Waals surface area contributed by atoms with E-state index in [1.54, 1.807) is 6.92 Å². The Hall–Kier alpha value is -2.36. The molecule has 0 saturated carbocycles. The van der Waals surface area contributed by atoms with E-state index in [2.05, 4.69) is 10.5 Å². The van der Waals surface area contributed by atoms with E-state index in [0.29, 0.717) is 5.76 Å². The van der Waals surface area contributed by atoms with E-state index in [9.17, 15) is 19.2 Å². The fourth-order valence-electron chi connectivity index (χ4n) is 2.07. The van der Waals surface area contributed by atoms with Gasteiger partial charge in [0.1, 0.15) is 11.8 Å². The lowest BCUT2D eigenvalue weighted by Gasteiger charge is -2.15. The number of aryl methyl sites for hydroxylation is 1. The first-order valence-corrected chi connectivity index (χ1v) is 7.76. The summed E-state index contributed by atoms with van der Waals surface area (Å²) in [6.45, 7) is 2.85. The van der Waals surface area contributed by atoms with Gasteiger partial charge in [-0.3, -0.25) is 14.4 Å². The first kappa shape index (κ1) is 17.0. The Morgan fingerprint density at radius 1 is 1.57 bits per heavy atom. The number of hydrogen-bond acceptors (Lipinski definition) is 7. The number of nitrogens with zero attached hydrogens (tertiary/aromatic N) is 2. The molecule has 0 spiro atoms. The summed E-state index contributed by atoms with van der Waals surface area (Å²) in [6, 6.07) is 0.351. The lowest BCUT2D eigenvalue weighted by atomic mass is 10.3. The third-order valence-corrected chi connectivity index (χ3v) is 4.39. The van der Waals surface area contributed by atoms with Crippen LogP contribution >= 0.6 is 11.8 Å². The van der Waals surface area contributed by atoms with Crippen molar-refractivity contribution in [2.24, 2.45) is 0 Å². The molecule has 2 atom stereocenters. The third kappa shape index (κ3) is 3.89. The number of thioether (sulfide) groups is 1. The van der Waals surface area contributed by atoms with E-state index >= 15 is 0 Å². The maximum absolute atomic E-state index is 12.3. The molecule has 1 aliphatic rings. The zero-order valence-corrected chi connectivity index (χ0v) is 13.3. The van der Waals surface area contributed by atoms with Gasteiger partial charge in [-0.1, -0.05) is 5.16 Å². The number of amides is 3. The first-order chi connectivity index (χ1) is 10.8. The Labute approximate surface area is 135 Å². The number of aliphatic carboxylic acids is 1. The minimum Gasteiger partial charge on any atom is -0.480 e. The van der Waals surface area contributed by atoms with Crippen molar-refractivity contribution in [3.05, 3.63) is 11.8 Å². The van der Waals surface area contributed by atoms with Crippen molar-refractivity contribution in [2.75, 3.05) is 10.7 Å². The minimum atomic E-state index is -1.20. The Bertz CT molecular complexity index is 658. The van der Waals surface area contributed by atoms with Gasteiger partial charge in [-0.25, -0.2) is 9.69 Å². The van der Waals surface area contributed by atoms with Gasteiger partial charge in [0.05, 0.1) is 5.25 Å². The molecule has 2 rings (SSSR count). The molecular weight excluding hydrogens is 326 g/mol. The van der Waals surface area contributed by atoms with E-state index in [1.165, 1.54) is 13.0 Å². The smallest absolute Gasteiger partial charge is 0.327 e. The molecule has 0 aromatic carbocycles. The van der Waals surface area contributed by atoms with Gasteiger partial charge in [0.2, 0.25) is 17.7 Å². The molecule has 2 heterocycles. The average molecular weight is 341 g/mol. The zero-order chi connectivity index (χ0) is 17.1. The summed E-state index contributed by atoms with van der Waals surface area (Å²) >= 11 is 1.01. The van der Waals surface area contributed by atoms with Crippen LogP contribution in [0.15, 0.2) is 10.6 Å². The first-order valence-electron chi connectivity index (χ1n) is 6.71. The molecule has 1 aromatic heterocycles. The Morgan fingerprint density at radius 2 is 2.26 bits per heavy atom. The summed E-state index contributed by atoms with van der Waals surface area (Å²) in [5.74, 6) is -2.01. The molecule has 1 fully saturated rings. The van der Waals surface area contributed by atoms with Gasteiger partial charge in [-0.05, 0) is 6.92 Å². The fourth-order valence-corrected chi connectivity index (χ4v) is 3.23. The normalized spacial score (nSPS) is 19.0. The van der Waals surface area contributed by atoms with Crippen molar-refractivity contribution in [3.8, 4) is 0 Å². The summed E-state index contributed by atoms with van der Waals surface area (Å²) in [5, 5.41) is 14.2. The number of rotatable bonds is 6. The second-order valence-electron chi connectivity index (χ2n) is 4.98. The lowest BCUT2D eigenvalue weighted by Crippen LogP contribution is -2.42. The average Bonchev–Trinajstić information content (AvgIpc) is 2.98. The summed E-state index contributed by atoms with van der Waals surface area (Å²) in [5.41, 5.74) is 0. The van der Waals surface area contributed by atoms with Crippen LogP contribution in [0, 0.1) is 6.92 Å². The standard InChI is InChI=1S/C13H15N3O6S/c1-6-3-10(15-22-6)16-11(18)4-9(12(16)19)23-5-8(13(20)21)14-7(2)17/h3,8-9H,4-5H2,1-2H3,(H,14,17)(H,20,21). The summed E-state index contributed by atoms with van der Waals surface area (Å²) in [4.78, 5) is 47.3. The Morgan fingerprint density at radius 3 is 2.78 bits per heavy atom. The van der Waals surface area contributed by atoms with Gasteiger partial charge in [0.15, 0.2) is 5.82 Å². The van der Waals surface area contributed by atoms with Crippen LogP contribution < -0.4 is 10.2 Å². The number of anilines is 1. The number of carboxylic acids is 1. The van der Waals surface area contributed by atoms with Crippen LogP contribution in [0.2, 0.25) is 0 Å². The van der Waals surface area contributed by atoms with Crippen molar-refractivity contribution in [3.63, 3.8) is 0 Å². The zero-order valence-electron chi connectivity index (χ0n) is 12.4. The lowest BCUT2D eigenvalue weighted by molar-refractivity contribution is -0.140. The van der Waals surface area contributed by atoms with E-state index in [-0.39, 0.29) is 18.0 Å². The van der Waals surface area contributed by atoms with Gasteiger partial charge in [-0.2, -0.15) is 0 Å². The molecule has 0 radical (unpaired) electrons. The number of nitrogens with one attached hydrogen (secondary N) is 1. The van der Waals surface area contributed by atoms with E-state index in [1.807, 2.05) is 0 Å². The van der Waals surface area contributed by atoms with Crippen molar-refractivity contribution in [1.82, 2.24) is 10.5 Å². The molecule has 3 amide bonds. The second-order valence-corrected chi connectivity index (χ2v) is 6.22. The van der Waals surface area contributed by atoms with Gasteiger partial charge < -0.3 is 14.9 Å². The molecule has 0 bridgehead atoms. The third-order valence-electron chi connectivity index (χ3n) is 3.09. The molecule has 124 valence electrons. The topological polar surface area (TPSA) is 130 Å². The molecule has 10 heteroatoms. The minimum absolute atomic E-state index is 0.0235. The highest BCUT2D eigenvalue weighted by Crippen LogP contribution is 2.29. The van der Waals surface area contributed by atoms with Gasteiger partial charge >= 0.3 is 5.97 Å². The van der Waals surface area contributed by atoms with Crippen LogP contribution in [0.3, 0.4) is 0 Å². The van der Waals surface area contributed by atoms with Gasteiger partial charge in [0, 0.05) is 25.2 Å². The van der Waals surface area contributed by atoms with Crippen molar-refractivity contribution in [1.29, 1.82) is 0 Å². The predicted octanol–water partition coefficient (Wildman–Crippen LogP) is -0.0626. The molecular formula is C13H15N3O6S. The maximum atomic E-state index is 12.3. The molecule has 0 aliphatic carbocycles. The maximum Gasteiger partial charge on any atom is 0.327 e. The fraction of sp³-hybridized carbons (Fsp3) is 0.462. The summed E-state index contributed by atoms with van der Waals surface area (Å²) in [6.07, 6.45) is -0.0538. The number of carboxylic acid groups (broad SMARTS) is 1. The van der Waals surface area contributed by atoms with Crippen LogP contribution in [0.5, 0.6) is 0 Å². The molecule has 2 N–H and O–H groups in total. The molecule has 23 heavy (non-hydrogen) atoms. The van der Waals surface area contributed by atoms with Crippen molar-refractivity contribution in [2.45, 2.75) is 31.6 Å². The Balaban J connectivity index is 2.02. The van der Waals surface area contributed by atoms with Crippen molar-refractivity contribution < 1.29 is 28.8 Å². The highest BCUT2D eigenvalue weighted by Gasteiger charge is 2.41. The van der Waals surface area contributed by atoms with Crippen LogP contribution in [0.25, 0.3) is 0 Å². The molecule has 9 nitrogen and oxygen atoms in total. The quantitative estimate of drug-likeness (QED) is 0.688. The molecule has 1 aliphatic heterocycles. The molecule has 1 aromatic rings. The summed E-state index contributed by atoms with van der Waals surface area (Å²) < 4.78 is 4.85. The molecule has 2 unspecified atom stereocenters. The largest absolute Gasteiger partial charge is 0.480 e. The van der Waals surface area contributed by atoms with Crippen LogP contribution in [0.1, 0.15) is 19.1 Å². The number of imide groups is 1. The van der Waals surface area contributed by atoms with Crippen LogP contribution in [0.4, 0.5) is 5.82 Å². The Kier molecular flexibility index (Phi) is 5.04. The van der Waals surface area contributed by atoms with Crippen LogP contribution in [-0.4, -0.2) is 51.0 Å². The predicted molar refractivity (Wildman–Crippen MR) is 79.8 cm³/mol. The number of carbonyl (C=O) groups excluding carboxylic acids is 3. The van der Waals surface area contributed by atoms with E-state index in [4.69, 9.17) is 9.63 Å². The number of aromatic nitrogens is 1. The van der Waals surface area contributed by atoms with E-state index in [0.717, 1.165) is 16.7 Å². The second kappa shape index (κ2) is 6.82. The van der Waals surface area contributed by atoms with Gasteiger partial charge in [-0.15, -0.1) is 11.8 Å². The van der Waals surface area contributed by atoms with Crippen molar-refractivity contribution >= 4 is 41.3 Å². The summed E-state index contributed by atoms with van der Waals surface area (Å²) in [7, 11) is 0. The van der Waals surface area contributed by atoms with E-state index < -0.39 is 35.0 Å². The molecule has 1 saturated heterocycles. The SMILES string of the molecule is CC(=O)NC(CSC1CC(=O)N(c2cc(C)on2)C1=O)C(=O)O. The highest BCUT2D eigenvalue weighted by atomic mass is 32.2. The van der Waals surface area contributed by atoms with Crippen LogP contribution in [-0.2, 0) is 19.2 Å². The number of carbonyl (C=O) groups is 4. The van der Waals surface area contributed by atoms with Gasteiger partial charge in [0.25, 0.3) is 0 Å². The monoisotopic (exact) mass is 341 g/mol.